The number of amides is 1. The first-order valence-corrected chi connectivity index (χ1v) is 8.44. The van der Waals surface area contributed by atoms with E-state index in [9.17, 15) is 4.79 Å². The lowest BCUT2D eigenvalue weighted by Crippen LogP contribution is -2.27. The molecule has 0 atom stereocenters. The fourth-order valence-corrected chi connectivity index (χ4v) is 3.23. The predicted molar refractivity (Wildman–Crippen MR) is 101 cm³/mol. The fourth-order valence-electron chi connectivity index (χ4n) is 3.23. The van der Waals surface area contributed by atoms with Crippen molar-refractivity contribution in [3.63, 3.8) is 0 Å². The van der Waals surface area contributed by atoms with E-state index in [0.29, 0.717) is 12.1 Å². The maximum atomic E-state index is 12.4. The summed E-state index contributed by atoms with van der Waals surface area (Å²) in [5.74, 6) is -0.0361. The highest BCUT2D eigenvalue weighted by Gasteiger charge is 2.11. The van der Waals surface area contributed by atoms with Crippen LogP contribution < -0.4 is 5.32 Å². The van der Waals surface area contributed by atoms with Crippen molar-refractivity contribution in [3.8, 4) is 0 Å². The van der Waals surface area contributed by atoms with Crippen LogP contribution in [0, 0.1) is 0 Å². The molecule has 4 aromatic rings. The van der Waals surface area contributed by atoms with Gasteiger partial charge in [0.25, 0.3) is 5.91 Å². The Morgan fingerprint density at radius 3 is 2.84 bits per heavy atom. The van der Waals surface area contributed by atoms with Gasteiger partial charge in [-0.2, -0.15) is 5.10 Å². The van der Waals surface area contributed by atoms with Gasteiger partial charge in [-0.15, -0.1) is 0 Å². The zero-order chi connectivity index (χ0) is 17.4. The van der Waals surface area contributed by atoms with Crippen molar-refractivity contribution < 1.29 is 4.79 Å². The lowest BCUT2D eigenvalue weighted by molar-refractivity contribution is 0.0952. The first kappa shape index (κ1) is 15.7. The molecule has 2 aromatic carbocycles. The Kier molecular flexibility index (Phi) is 3.89. The van der Waals surface area contributed by atoms with E-state index >= 15 is 0 Å². The maximum absolute atomic E-state index is 12.4. The number of aromatic nitrogens is 3. The van der Waals surface area contributed by atoms with Gasteiger partial charge in [0.1, 0.15) is 0 Å². The average molecular weight is 335 g/mol. The standard InChI is InChI=1S/C19H21N5O/c1-24(2)9-3-8-20-19(25)12-4-6-14-15-7-5-13-11-21-23-17(13)18(15)22-16(14)10-12/h4-7,10-11,22H,3,8-9H2,1-2H3,(H,20,25)(H,21,23). The molecule has 6 heteroatoms. The molecule has 0 fully saturated rings. The number of fused-ring (bicyclic) bond motifs is 5. The third-order valence-corrected chi connectivity index (χ3v) is 4.52. The molecule has 0 saturated carbocycles. The summed E-state index contributed by atoms with van der Waals surface area (Å²) in [5.41, 5.74) is 3.64. The van der Waals surface area contributed by atoms with Crippen LogP contribution in [0.1, 0.15) is 16.8 Å². The van der Waals surface area contributed by atoms with Crippen LogP contribution in [-0.2, 0) is 0 Å². The molecular weight excluding hydrogens is 314 g/mol. The minimum atomic E-state index is -0.0361. The molecule has 3 N–H and O–H groups in total. The van der Waals surface area contributed by atoms with Crippen molar-refractivity contribution in [2.24, 2.45) is 0 Å². The van der Waals surface area contributed by atoms with E-state index in [2.05, 4.69) is 37.5 Å². The SMILES string of the molecule is CN(C)CCCNC(=O)c1ccc2c(c1)[nH]c1c2ccc2cn[nH]c21. The van der Waals surface area contributed by atoms with Crippen molar-refractivity contribution in [2.75, 3.05) is 27.2 Å². The Labute approximate surface area is 145 Å². The van der Waals surface area contributed by atoms with Gasteiger partial charge in [-0.1, -0.05) is 18.2 Å². The van der Waals surface area contributed by atoms with Crippen molar-refractivity contribution in [3.05, 3.63) is 42.1 Å². The van der Waals surface area contributed by atoms with E-state index in [1.807, 2.05) is 38.5 Å². The minimum Gasteiger partial charge on any atom is -0.353 e. The summed E-state index contributed by atoms with van der Waals surface area (Å²) < 4.78 is 0. The van der Waals surface area contributed by atoms with E-state index in [-0.39, 0.29) is 5.91 Å². The molecule has 0 saturated heterocycles. The number of carbonyl (C=O) groups excluding carboxylic acids is 1. The molecule has 128 valence electrons. The molecule has 4 rings (SSSR count). The molecule has 0 aliphatic carbocycles. The lowest BCUT2D eigenvalue weighted by Gasteiger charge is -2.10. The fraction of sp³-hybridized carbons (Fsp3) is 0.263. The highest BCUT2D eigenvalue weighted by Crippen LogP contribution is 2.30. The topological polar surface area (TPSA) is 76.8 Å². The summed E-state index contributed by atoms with van der Waals surface area (Å²) in [6.45, 7) is 1.64. The summed E-state index contributed by atoms with van der Waals surface area (Å²) >= 11 is 0. The molecule has 0 bridgehead atoms. The number of carbonyl (C=O) groups is 1. The van der Waals surface area contributed by atoms with Crippen molar-refractivity contribution in [1.82, 2.24) is 25.4 Å². The van der Waals surface area contributed by atoms with Crippen LogP contribution in [-0.4, -0.2) is 53.2 Å². The highest BCUT2D eigenvalue weighted by molar-refractivity contribution is 6.16. The van der Waals surface area contributed by atoms with Crippen molar-refractivity contribution in [1.29, 1.82) is 0 Å². The van der Waals surface area contributed by atoms with Gasteiger partial charge in [0.05, 0.1) is 17.2 Å². The molecule has 6 nitrogen and oxygen atoms in total. The highest BCUT2D eigenvalue weighted by atomic mass is 16.1. The van der Waals surface area contributed by atoms with Gasteiger partial charge in [-0.3, -0.25) is 9.89 Å². The van der Waals surface area contributed by atoms with Crippen LogP contribution in [0.25, 0.3) is 32.7 Å². The Morgan fingerprint density at radius 2 is 2.00 bits per heavy atom. The Bertz CT molecular complexity index is 1060. The number of H-pyrrole nitrogens is 2. The van der Waals surface area contributed by atoms with E-state index in [1.54, 1.807) is 0 Å². The first-order valence-electron chi connectivity index (χ1n) is 8.44. The number of nitrogens with one attached hydrogen (secondary N) is 3. The zero-order valence-corrected chi connectivity index (χ0v) is 14.4. The molecule has 0 aliphatic heterocycles. The molecular formula is C19H21N5O. The Hall–Kier alpha value is -2.86. The molecule has 0 aliphatic rings. The molecule has 0 spiro atoms. The smallest absolute Gasteiger partial charge is 0.251 e. The molecule has 1 amide bonds. The van der Waals surface area contributed by atoms with Gasteiger partial charge < -0.3 is 15.2 Å². The van der Waals surface area contributed by atoms with Crippen LogP contribution in [0.2, 0.25) is 0 Å². The number of aromatic amines is 2. The van der Waals surface area contributed by atoms with Gasteiger partial charge in [0.2, 0.25) is 0 Å². The van der Waals surface area contributed by atoms with Crippen molar-refractivity contribution >= 4 is 38.6 Å². The summed E-state index contributed by atoms with van der Waals surface area (Å²) in [6.07, 6.45) is 2.75. The van der Waals surface area contributed by atoms with Crippen LogP contribution in [0.4, 0.5) is 0 Å². The molecule has 0 unspecified atom stereocenters. The van der Waals surface area contributed by atoms with E-state index in [0.717, 1.165) is 45.7 Å². The quantitative estimate of drug-likeness (QED) is 0.491. The van der Waals surface area contributed by atoms with Gasteiger partial charge in [0, 0.05) is 33.8 Å². The van der Waals surface area contributed by atoms with E-state index in [1.165, 1.54) is 0 Å². The summed E-state index contributed by atoms with van der Waals surface area (Å²) in [4.78, 5) is 17.9. The Morgan fingerprint density at radius 1 is 1.16 bits per heavy atom. The predicted octanol–water partition coefficient (Wildman–Crippen LogP) is 2.88. The van der Waals surface area contributed by atoms with Gasteiger partial charge in [-0.25, -0.2) is 0 Å². The summed E-state index contributed by atoms with van der Waals surface area (Å²) in [6, 6.07) is 9.95. The number of rotatable bonds is 5. The van der Waals surface area contributed by atoms with Crippen LogP contribution in [0.15, 0.2) is 36.5 Å². The number of nitrogens with zero attached hydrogens (tertiary/aromatic N) is 2. The molecule has 2 aromatic heterocycles. The molecule has 2 heterocycles. The first-order chi connectivity index (χ1) is 12.1. The van der Waals surface area contributed by atoms with Crippen LogP contribution >= 0.6 is 0 Å². The number of benzene rings is 2. The largest absolute Gasteiger partial charge is 0.353 e. The van der Waals surface area contributed by atoms with Gasteiger partial charge in [0.15, 0.2) is 0 Å². The monoisotopic (exact) mass is 335 g/mol. The second-order valence-corrected chi connectivity index (χ2v) is 6.62. The summed E-state index contributed by atoms with van der Waals surface area (Å²) in [5, 5.41) is 13.4. The third-order valence-electron chi connectivity index (χ3n) is 4.52. The molecule has 25 heavy (non-hydrogen) atoms. The second kappa shape index (κ2) is 6.22. The van der Waals surface area contributed by atoms with Crippen molar-refractivity contribution in [2.45, 2.75) is 6.42 Å². The number of hydrogen-bond donors (Lipinski definition) is 3. The second-order valence-electron chi connectivity index (χ2n) is 6.62. The Balaban J connectivity index is 1.63. The van der Waals surface area contributed by atoms with Crippen LogP contribution in [0.3, 0.4) is 0 Å². The normalized spacial score (nSPS) is 11.8. The minimum absolute atomic E-state index is 0.0361. The third kappa shape index (κ3) is 2.85. The van der Waals surface area contributed by atoms with E-state index in [4.69, 9.17) is 0 Å². The average Bonchev–Trinajstić information content (AvgIpc) is 3.21. The van der Waals surface area contributed by atoms with E-state index < -0.39 is 0 Å². The number of hydrogen-bond acceptors (Lipinski definition) is 3. The maximum Gasteiger partial charge on any atom is 0.251 e. The lowest BCUT2D eigenvalue weighted by atomic mass is 10.1. The van der Waals surface area contributed by atoms with Gasteiger partial charge in [-0.05, 0) is 39.2 Å². The molecule has 0 radical (unpaired) electrons. The summed E-state index contributed by atoms with van der Waals surface area (Å²) in [7, 11) is 4.06. The zero-order valence-electron chi connectivity index (χ0n) is 14.4. The van der Waals surface area contributed by atoms with Crippen LogP contribution in [0.5, 0.6) is 0 Å². The van der Waals surface area contributed by atoms with Gasteiger partial charge >= 0.3 is 0 Å².